The summed E-state index contributed by atoms with van der Waals surface area (Å²) < 4.78 is 46.5. The molecule has 0 bridgehead atoms. The molecule has 0 saturated carbocycles. The van der Waals surface area contributed by atoms with E-state index in [1.807, 2.05) is 0 Å². The molecule has 25 heavy (non-hydrogen) atoms. The molecular formula is C16H13ClF3NO4. The van der Waals surface area contributed by atoms with Crippen LogP contribution in [0, 0.1) is 0 Å². The number of amides is 1. The lowest BCUT2D eigenvalue weighted by atomic mass is 10.2. The summed E-state index contributed by atoms with van der Waals surface area (Å²) in [5, 5.41) is 11.8. The van der Waals surface area contributed by atoms with Gasteiger partial charge in [0.25, 0.3) is 5.91 Å². The van der Waals surface area contributed by atoms with Crippen molar-refractivity contribution in [2.24, 2.45) is 0 Å². The minimum Gasteiger partial charge on any atom is -0.508 e. The second kappa shape index (κ2) is 7.52. The highest BCUT2D eigenvalue weighted by atomic mass is 35.5. The van der Waals surface area contributed by atoms with Gasteiger partial charge in [-0.25, -0.2) is 0 Å². The SMILES string of the molecule is C[C@@H](Oc1ccccc1Cl)C(=O)Nc1ccc(O)cc1OC(F)(F)F. The van der Waals surface area contributed by atoms with Crippen molar-refractivity contribution in [3.63, 3.8) is 0 Å². The zero-order valence-electron chi connectivity index (χ0n) is 12.8. The second-order valence-corrected chi connectivity index (χ2v) is 5.32. The van der Waals surface area contributed by atoms with Gasteiger partial charge in [-0.05, 0) is 31.2 Å². The number of aromatic hydroxyl groups is 1. The summed E-state index contributed by atoms with van der Waals surface area (Å²) in [6.07, 6.45) is -6.03. The summed E-state index contributed by atoms with van der Waals surface area (Å²) in [6.45, 7) is 1.41. The smallest absolute Gasteiger partial charge is 0.508 e. The molecule has 0 unspecified atom stereocenters. The van der Waals surface area contributed by atoms with Crippen LogP contribution >= 0.6 is 11.6 Å². The number of alkyl halides is 3. The normalized spacial score (nSPS) is 12.4. The molecule has 0 aliphatic heterocycles. The van der Waals surface area contributed by atoms with E-state index in [1.165, 1.54) is 6.92 Å². The third kappa shape index (κ3) is 5.46. The number of para-hydroxylation sites is 1. The first-order valence-electron chi connectivity index (χ1n) is 6.96. The fourth-order valence-electron chi connectivity index (χ4n) is 1.84. The van der Waals surface area contributed by atoms with Crippen molar-refractivity contribution < 1.29 is 32.5 Å². The predicted octanol–water partition coefficient (Wildman–Crippen LogP) is 4.35. The molecule has 0 radical (unpaired) electrons. The van der Waals surface area contributed by atoms with Gasteiger partial charge in [0.1, 0.15) is 11.5 Å². The van der Waals surface area contributed by atoms with Crippen molar-refractivity contribution in [1.29, 1.82) is 0 Å². The van der Waals surface area contributed by atoms with Crippen LogP contribution in [0.1, 0.15) is 6.92 Å². The number of carbonyl (C=O) groups is 1. The van der Waals surface area contributed by atoms with Gasteiger partial charge in [-0.3, -0.25) is 4.79 Å². The molecule has 0 aliphatic carbocycles. The van der Waals surface area contributed by atoms with Crippen LogP contribution in [0.4, 0.5) is 18.9 Å². The molecule has 2 aromatic carbocycles. The maximum atomic E-state index is 12.4. The maximum absolute atomic E-state index is 12.4. The van der Waals surface area contributed by atoms with Crippen LogP contribution in [0.15, 0.2) is 42.5 Å². The van der Waals surface area contributed by atoms with Crippen molar-refractivity contribution in [3.05, 3.63) is 47.5 Å². The van der Waals surface area contributed by atoms with Crippen LogP contribution in [-0.4, -0.2) is 23.5 Å². The summed E-state index contributed by atoms with van der Waals surface area (Å²) in [5.74, 6) is -1.66. The Bertz CT molecular complexity index is 767. The van der Waals surface area contributed by atoms with Crippen molar-refractivity contribution in [1.82, 2.24) is 0 Å². The average molecular weight is 376 g/mol. The standard InChI is InChI=1S/C16H13ClF3NO4/c1-9(24-13-5-3-2-4-11(13)17)15(23)21-12-7-6-10(22)8-14(12)25-16(18,19)20/h2-9,22H,1H3,(H,21,23)/t9-/m1/s1. The summed E-state index contributed by atoms with van der Waals surface area (Å²) in [5.41, 5.74) is -0.269. The predicted molar refractivity (Wildman–Crippen MR) is 85.0 cm³/mol. The molecule has 2 aromatic rings. The molecule has 1 atom stereocenters. The van der Waals surface area contributed by atoms with E-state index in [4.69, 9.17) is 16.3 Å². The third-order valence-corrected chi connectivity index (χ3v) is 3.27. The molecule has 0 heterocycles. The van der Waals surface area contributed by atoms with Crippen LogP contribution in [-0.2, 0) is 4.79 Å². The van der Waals surface area contributed by atoms with Gasteiger partial charge in [0.05, 0.1) is 10.7 Å². The number of phenols is 1. The Morgan fingerprint density at radius 2 is 1.88 bits per heavy atom. The van der Waals surface area contributed by atoms with E-state index in [0.717, 1.165) is 18.2 Å². The number of phenolic OH excluding ortho intramolecular Hbond substituents is 1. The van der Waals surface area contributed by atoms with Crippen molar-refractivity contribution in [2.45, 2.75) is 19.4 Å². The van der Waals surface area contributed by atoms with E-state index < -0.39 is 29.9 Å². The minimum atomic E-state index is -4.98. The lowest BCUT2D eigenvalue weighted by Gasteiger charge is -2.18. The van der Waals surface area contributed by atoms with E-state index in [1.54, 1.807) is 24.3 Å². The van der Waals surface area contributed by atoms with Gasteiger partial charge in [-0.1, -0.05) is 23.7 Å². The van der Waals surface area contributed by atoms with E-state index in [2.05, 4.69) is 10.1 Å². The average Bonchev–Trinajstić information content (AvgIpc) is 2.50. The van der Waals surface area contributed by atoms with Crippen molar-refractivity contribution >= 4 is 23.2 Å². The molecule has 5 nitrogen and oxygen atoms in total. The summed E-state index contributed by atoms with van der Waals surface area (Å²) in [6, 6.07) is 9.37. The molecule has 0 aromatic heterocycles. The molecule has 0 saturated heterocycles. The number of nitrogens with one attached hydrogen (secondary N) is 1. The highest BCUT2D eigenvalue weighted by Gasteiger charge is 2.32. The first-order valence-corrected chi connectivity index (χ1v) is 7.34. The second-order valence-electron chi connectivity index (χ2n) is 4.91. The highest BCUT2D eigenvalue weighted by molar-refractivity contribution is 6.32. The fourth-order valence-corrected chi connectivity index (χ4v) is 2.02. The molecule has 9 heteroatoms. The molecule has 134 valence electrons. The highest BCUT2D eigenvalue weighted by Crippen LogP contribution is 2.33. The Kier molecular flexibility index (Phi) is 5.63. The van der Waals surface area contributed by atoms with Gasteiger partial charge in [0, 0.05) is 6.07 Å². The van der Waals surface area contributed by atoms with E-state index >= 15 is 0 Å². The lowest BCUT2D eigenvalue weighted by molar-refractivity contribution is -0.274. The van der Waals surface area contributed by atoms with Crippen LogP contribution < -0.4 is 14.8 Å². The Hall–Kier alpha value is -2.61. The largest absolute Gasteiger partial charge is 0.573 e. The number of carbonyl (C=O) groups excluding carboxylic acids is 1. The zero-order chi connectivity index (χ0) is 18.6. The lowest BCUT2D eigenvalue weighted by Crippen LogP contribution is -2.30. The van der Waals surface area contributed by atoms with Gasteiger partial charge in [0.15, 0.2) is 11.9 Å². The number of anilines is 1. The van der Waals surface area contributed by atoms with Crippen LogP contribution in [0.25, 0.3) is 0 Å². The van der Waals surface area contributed by atoms with Gasteiger partial charge in [-0.15, -0.1) is 13.2 Å². The molecule has 0 fully saturated rings. The number of hydrogen-bond acceptors (Lipinski definition) is 4. The maximum Gasteiger partial charge on any atom is 0.573 e. The van der Waals surface area contributed by atoms with Crippen molar-refractivity contribution in [3.8, 4) is 17.2 Å². The van der Waals surface area contributed by atoms with Crippen LogP contribution in [0.2, 0.25) is 5.02 Å². The molecule has 0 aliphatic rings. The number of ether oxygens (including phenoxy) is 2. The Morgan fingerprint density at radius 1 is 1.20 bits per heavy atom. The number of hydrogen-bond donors (Lipinski definition) is 2. The Balaban J connectivity index is 2.13. The number of rotatable bonds is 5. The van der Waals surface area contributed by atoms with Crippen molar-refractivity contribution in [2.75, 3.05) is 5.32 Å². The summed E-state index contributed by atoms with van der Waals surface area (Å²) >= 11 is 5.92. The molecule has 0 spiro atoms. The monoisotopic (exact) mass is 375 g/mol. The Labute approximate surface area is 145 Å². The van der Waals surface area contributed by atoms with Gasteiger partial charge in [-0.2, -0.15) is 0 Å². The van der Waals surface area contributed by atoms with E-state index in [-0.39, 0.29) is 16.5 Å². The number of halogens is 4. The third-order valence-electron chi connectivity index (χ3n) is 2.96. The fraction of sp³-hybridized carbons (Fsp3) is 0.188. The molecule has 2 rings (SSSR count). The molecule has 1 amide bonds. The molecule has 2 N–H and O–H groups in total. The van der Waals surface area contributed by atoms with Gasteiger partial charge < -0.3 is 19.9 Å². The first-order chi connectivity index (χ1) is 11.7. The van der Waals surface area contributed by atoms with Gasteiger partial charge >= 0.3 is 6.36 Å². The quantitative estimate of drug-likeness (QED) is 0.762. The van der Waals surface area contributed by atoms with E-state index in [0.29, 0.717) is 0 Å². The zero-order valence-corrected chi connectivity index (χ0v) is 13.6. The topological polar surface area (TPSA) is 67.8 Å². The summed E-state index contributed by atoms with van der Waals surface area (Å²) in [4.78, 5) is 12.2. The van der Waals surface area contributed by atoms with Gasteiger partial charge in [0.2, 0.25) is 0 Å². The Morgan fingerprint density at radius 3 is 2.52 bits per heavy atom. The first kappa shape index (κ1) is 18.7. The minimum absolute atomic E-state index is 0.254. The van der Waals surface area contributed by atoms with E-state index in [9.17, 15) is 23.1 Å². The van der Waals surface area contributed by atoms with Crippen LogP contribution in [0.5, 0.6) is 17.2 Å². The summed E-state index contributed by atoms with van der Waals surface area (Å²) in [7, 11) is 0. The number of benzene rings is 2. The molecular weight excluding hydrogens is 363 g/mol. The van der Waals surface area contributed by atoms with Crippen LogP contribution in [0.3, 0.4) is 0 Å².